The molecule has 0 saturated carbocycles. The highest BCUT2D eigenvalue weighted by molar-refractivity contribution is 5.75. The Hall–Kier alpha value is -1.51. The topological polar surface area (TPSA) is 72.5 Å². The van der Waals surface area contributed by atoms with Crippen LogP contribution in [0.2, 0.25) is 0 Å². The fourth-order valence-corrected chi connectivity index (χ4v) is 3.39. The van der Waals surface area contributed by atoms with E-state index in [1.807, 2.05) is 44.2 Å². The third-order valence-electron chi connectivity index (χ3n) is 4.57. The first-order chi connectivity index (χ1) is 12.7. The van der Waals surface area contributed by atoms with Gasteiger partial charge in [0.15, 0.2) is 17.7 Å². The van der Waals surface area contributed by atoms with E-state index in [1.54, 1.807) is 13.8 Å². The third kappa shape index (κ3) is 4.86. The smallest absolute Gasteiger partial charge is 0.337 e. The molecule has 0 amide bonds. The number of hydrogen-bond acceptors (Lipinski definition) is 7. The molecule has 2 aliphatic heterocycles. The summed E-state index contributed by atoms with van der Waals surface area (Å²) in [5.41, 5.74) is 1.01. The molecule has 1 aromatic rings. The molecule has 0 aromatic heterocycles. The Morgan fingerprint density at radius 2 is 1.81 bits per heavy atom. The summed E-state index contributed by atoms with van der Waals surface area (Å²) in [6, 6.07) is 9.78. The van der Waals surface area contributed by atoms with Crippen molar-refractivity contribution in [1.29, 1.82) is 0 Å². The van der Waals surface area contributed by atoms with Crippen molar-refractivity contribution in [3.8, 4) is 0 Å². The molecule has 0 radical (unpaired) electrons. The Balaban J connectivity index is 1.82. The second kappa shape index (κ2) is 7.85. The normalized spacial score (nSPS) is 30.2. The lowest BCUT2D eigenvalue weighted by Gasteiger charge is -2.30. The fourth-order valence-electron chi connectivity index (χ4n) is 3.39. The Morgan fingerprint density at radius 3 is 2.41 bits per heavy atom. The van der Waals surface area contributed by atoms with Gasteiger partial charge in [0.1, 0.15) is 18.3 Å². The van der Waals surface area contributed by atoms with Crippen molar-refractivity contribution in [3.05, 3.63) is 35.9 Å². The minimum absolute atomic E-state index is 0.334. The van der Waals surface area contributed by atoms with Crippen LogP contribution < -0.4 is 0 Å². The molecule has 27 heavy (non-hydrogen) atoms. The minimum Gasteiger partial charge on any atom is -0.467 e. The molecule has 0 N–H and O–H groups in total. The highest BCUT2D eigenvalue weighted by atomic mass is 16.8. The molecule has 2 heterocycles. The van der Waals surface area contributed by atoms with Gasteiger partial charge in [-0.25, -0.2) is 4.79 Å². The fraction of sp³-hybridized carbons (Fsp3) is 0.650. The maximum absolute atomic E-state index is 12.3. The lowest BCUT2D eigenvalue weighted by Crippen LogP contribution is -2.49. The molecule has 0 bridgehead atoms. The van der Waals surface area contributed by atoms with Gasteiger partial charge in [0.25, 0.3) is 0 Å². The van der Waals surface area contributed by atoms with E-state index in [0.29, 0.717) is 13.2 Å². The number of rotatable bonds is 6. The van der Waals surface area contributed by atoms with E-state index in [1.165, 1.54) is 7.11 Å². The molecule has 2 saturated heterocycles. The van der Waals surface area contributed by atoms with Crippen LogP contribution >= 0.6 is 0 Å². The van der Waals surface area contributed by atoms with Gasteiger partial charge in [-0.05, 0) is 33.3 Å². The van der Waals surface area contributed by atoms with Gasteiger partial charge in [-0.3, -0.25) is 0 Å². The maximum atomic E-state index is 12.3. The van der Waals surface area contributed by atoms with E-state index in [9.17, 15) is 4.79 Å². The van der Waals surface area contributed by atoms with Gasteiger partial charge in [0.2, 0.25) is 0 Å². The van der Waals surface area contributed by atoms with Crippen molar-refractivity contribution in [2.45, 2.75) is 70.3 Å². The van der Waals surface area contributed by atoms with Gasteiger partial charge in [0, 0.05) is 0 Å². The molecule has 0 unspecified atom stereocenters. The van der Waals surface area contributed by atoms with Gasteiger partial charge in [-0.1, -0.05) is 30.3 Å². The van der Waals surface area contributed by atoms with Crippen LogP contribution in [0.25, 0.3) is 0 Å². The van der Waals surface area contributed by atoms with Crippen LogP contribution in [0, 0.1) is 0 Å². The number of hydrogen-bond donors (Lipinski definition) is 0. The second-order valence-corrected chi connectivity index (χ2v) is 7.67. The standard InChI is InChI=1S/C20H28O7/c1-19(2)24-12-14(25-19)15(23-11-13-9-7-6-8-10-13)16-17(18(21)22-5)27-20(3,4)26-16/h6-10,14-17H,11-12H2,1-5H3/t14-,15+,16-,17-/m0/s1. The third-order valence-corrected chi connectivity index (χ3v) is 4.57. The summed E-state index contributed by atoms with van der Waals surface area (Å²) in [5.74, 6) is -2.17. The number of methoxy groups -OCH3 is 1. The summed E-state index contributed by atoms with van der Waals surface area (Å²) in [5, 5.41) is 0. The number of ether oxygens (including phenoxy) is 6. The maximum Gasteiger partial charge on any atom is 0.337 e. The summed E-state index contributed by atoms with van der Waals surface area (Å²) in [4.78, 5) is 12.3. The molecule has 0 aliphatic carbocycles. The van der Waals surface area contributed by atoms with E-state index in [2.05, 4.69) is 0 Å². The summed E-state index contributed by atoms with van der Waals surface area (Å²) >= 11 is 0. The largest absolute Gasteiger partial charge is 0.467 e. The summed E-state index contributed by atoms with van der Waals surface area (Å²) < 4.78 is 34.6. The lowest BCUT2D eigenvalue weighted by molar-refractivity contribution is -0.190. The average molecular weight is 380 g/mol. The average Bonchev–Trinajstić information content (AvgIpc) is 3.14. The number of benzene rings is 1. The van der Waals surface area contributed by atoms with Crippen LogP contribution in [0.1, 0.15) is 33.3 Å². The SMILES string of the molecule is COC(=O)[C@H]1OC(C)(C)O[C@H]1[C@H](OCc1ccccc1)[C@@H]1COC(C)(C)O1. The van der Waals surface area contributed by atoms with Crippen molar-refractivity contribution in [3.63, 3.8) is 0 Å². The Bertz CT molecular complexity index is 643. The molecule has 2 aliphatic rings. The van der Waals surface area contributed by atoms with Crippen LogP contribution in [0.5, 0.6) is 0 Å². The van der Waals surface area contributed by atoms with E-state index < -0.39 is 42.0 Å². The zero-order chi connectivity index (χ0) is 19.7. The Kier molecular flexibility index (Phi) is 5.88. The number of esters is 1. The molecule has 7 nitrogen and oxygen atoms in total. The number of carbonyl (C=O) groups is 1. The molecule has 2 fully saturated rings. The van der Waals surface area contributed by atoms with Crippen molar-refractivity contribution >= 4 is 5.97 Å². The van der Waals surface area contributed by atoms with E-state index >= 15 is 0 Å². The van der Waals surface area contributed by atoms with Gasteiger partial charge in [0.05, 0.1) is 20.3 Å². The summed E-state index contributed by atoms with van der Waals surface area (Å²) in [6.07, 6.45) is -2.56. The van der Waals surface area contributed by atoms with Crippen molar-refractivity contribution < 1.29 is 33.2 Å². The monoisotopic (exact) mass is 380 g/mol. The van der Waals surface area contributed by atoms with Crippen LogP contribution in [0.3, 0.4) is 0 Å². The van der Waals surface area contributed by atoms with Crippen LogP contribution in [-0.2, 0) is 39.8 Å². The molecule has 7 heteroatoms. The predicted octanol–water partition coefficient (Wildman–Crippen LogP) is 2.42. The van der Waals surface area contributed by atoms with E-state index in [-0.39, 0.29) is 0 Å². The molecular weight excluding hydrogens is 352 g/mol. The lowest BCUT2D eigenvalue weighted by atomic mass is 10.0. The van der Waals surface area contributed by atoms with Crippen molar-refractivity contribution in [1.82, 2.24) is 0 Å². The Morgan fingerprint density at radius 1 is 1.11 bits per heavy atom. The van der Waals surface area contributed by atoms with Crippen molar-refractivity contribution in [2.24, 2.45) is 0 Å². The molecule has 150 valence electrons. The molecule has 0 spiro atoms. The molecule has 1 aromatic carbocycles. The van der Waals surface area contributed by atoms with Gasteiger partial charge in [-0.2, -0.15) is 0 Å². The minimum atomic E-state index is -0.938. The molecule has 3 rings (SSSR count). The first kappa shape index (κ1) is 20.2. The second-order valence-electron chi connectivity index (χ2n) is 7.67. The quantitative estimate of drug-likeness (QED) is 0.702. The van der Waals surface area contributed by atoms with Crippen molar-refractivity contribution in [2.75, 3.05) is 13.7 Å². The van der Waals surface area contributed by atoms with Crippen LogP contribution in [0.15, 0.2) is 30.3 Å². The molecular formula is C20H28O7. The highest BCUT2D eigenvalue weighted by Crippen LogP contribution is 2.36. The van der Waals surface area contributed by atoms with Crippen LogP contribution in [0.4, 0.5) is 0 Å². The first-order valence-electron chi connectivity index (χ1n) is 9.11. The number of carbonyl (C=O) groups excluding carboxylic acids is 1. The zero-order valence-electron chi connectivity index (χ0n) is 16.5. The first-order valence-corrected chi connectivity index (χ1v) is 9.11. The van der Waals surface area contributed by atoms with Gasteiger partial charge < -0.3 is 28.4 Å². The van der Waals surface area contributed by atoms with Crippen LogP contribution in [-0.4, -0.2) is 55.7 Å². The zero-order valence-corrected chi connectivity index (χ0v) is 16.5. The van der Waals surface area contributed by atoms with E-state index in [0.717, 1.165) is 5.56 Å². The summed E-state index contributed by atoms with van der Waals surface area (Å²) in [6.45, 7) is 7.88. The molecule has 4 atom stereocenters. The summed E-state index contributed by atoms with van der Waals surface area (Å²) in [7, 11) is 1.33. The predicted molar refractivity (Wildman–Crippen MR) is 95.8 cm³/mol. The van der Waals surface area contributed by atoms with Gasteiger partial charge >= 0.3 is 5.97 Å². The van der Waals surface area contributed by atoms with E-state index in [4.69, 9.17) is 28.4 Å². The highest BCUT2D eigenvalue weighted by Gasteiger charge is 2.53. The Labute approximate surface area is 159 Å². The van der Waals surface area contributed by atoms with Gasteiger partial charge in [-0.15, -0.1) is 0 Å².